The van der Waals surface area contributed by atoms with Crippen molar-refractivity contribution in [1.29, 1.82) is 0 Å². The van der Waals surface area contributed by atoms with Gasteiger partial charge in [0.25, 0.3) is 5.91 Å². The standard InChI is InChI=1S/C18H21NO4/c1-12(17(20)13-7-5-4-6-8-13)19-18(21)14-9-15(22-2)11-16(10-14)23-3/h4-12,17,20H,1-3H3,(H,19,21)/t12-,17-/m1/s1. The average Bonchev–Trinajstić information content (AvgIpc) is 2.61. The number of aliphatic hydroxyl groups is 1. The van der Waals surface area contributed by atoms with Crippen LogP contribution in [-0.4, -0.2) is 31.3 Å². The average molecular weight is 315 g/mol. The molecule has 0 aliphatic rings. The zero-order valence-corrected chi connectivity index (χ0v) is 13.4. The quantitative estimate of drug-likeness (QED) is 0.859. The molecular weight excluding hydrogens is 294 g/mol. The molecule has 2 aromatic carbocycles. The molecule has 0 bridgehead atoms. The van der Waals surface area contributed by atoms with Crippen LogP contribution in [0.3, 0.4) is 0 Å². The normalized spacial score (nSPS) is 13.0. The maximum atomic E-state index is 12.4. The van der Waals surface area contributed by atoms with Crippen molar-refractivity contribution in [1.82, 2.24) is 5.32 Å². The molecule has 0 aliphatic carbocycles. The van der Waals surface area contributed by atoms with E-state index in [9.17, 15) is 9.90 Å². The molecule has 0 aromatic heterocycles. The highest BCUT2D eigenvalue weighted by atomic mass is 16.5. The number of carbonyl (C=O) groups is 1. The lowest BCUT2D eigenvalue weighted by Crippen LogP contribution is -2.37. The van der Waals surface area contributed by atoms with Crippen LogP contribution >= 0.6 is 0 Å². The van der Waals surface area contributed by atoms with Gasteiger partial charge in [-0.2, -0.15) is 0 Å². The predicted molar refractivity (Wildman–Crippen MR) is 87.9 cm³/mol. The van der Waals surface area contributed by atoms with Crippen LogP contribution in [0.1, 0.15) is 28.9 Å². The van der Waals surface area contributed by atoms with Gasteiger partial charge >= 0.3 is 0 Å². The molecule has 5 heteroatoms. The van der Waals surface area contributed by atoms with Crippen LogP contribution in [0.2, 0.25) is 0 Å². The Morgan fingerprint density at radius 3 is 2.13 bits per heavy atom. The van der Waals surface area contributed by atoms with Gasteiger partial charge in [-0.3, -0.25) is 4.79 Å². The summed E-state index contributed by atoms with van der Waals surface area (Å²) in [6.45, 7) is 1.76. The Balaban J connectivity index is 2.12. The van der Waals surface area contributed by atoms with E-state index in [0.29, 0.717) is 17.1 Å². The van der Waals surface area contributed by atoms with Crippen LogP contribution in [0, 0.1) is 0 Å². The van der Waals surface area contributed by atoms with E-state index in [0.717, 1.165) is 5.56 Å². The lowest BCUT2D eigenvalue weighted by molar-refractivity contribution is 0.0851. The number of benzene rings is 2. The minimum absolute atomic E-state index is 0.301. The summed E-state index contributed by atoms with van der Waals surface area (Å²) in [4.78, 5) is 12.4. The molecule has 0 saturated carbocycles. The van der Waals surface area contributed by atoms with E-state index >= 15 is 0 Å². The molecule has 1 amide bonds. The lowest BCUT2D eigenvalue weighted by Gasteiger charge is -2.21. The Bertz CT molecular complexity index is 635. The fraction of sp³-hybridized carbons (Fsp3) is 0.278. The molecule has 2 aromatic rings. The molecule has 2 rings (SSSR count). The second-order valence-electron chi connectivity index (χ2n) is 5.22. The minimum Gasteiger partial charge on any atom is -0.497 e. The van der Waals surface area contributed by atoms with Gasteiger partial charge in [0.05, 0.1) is 26.4 Å². The number of nitrogens with one attached hydrogen (secondary N) is 1. The number of amides is 1. The fourth-order valence-corrected chi connectivity index (χ4v) is 2.25. The van der Waals surface area contributed by atoms with Crippen molar-refractivity contribution in [3.8, 4) is 11.5 Å². The van der Waals surface area contributed by atoms with Crippen molar-refractivity contribution >= 4 is 5.91 Å². The van der Waals surface area contributed by atoms with Crippen molar-refractivity contribution in [3.05, 3.63) is 59.7 Å². The second kappa shape index (κ2) is 7.65. The molecule has 23 heavy (non-hydrogen) atoms. The third kappa shape index (κ3) is 4.23. The number of aliphatic hydroxyl groups excluding tert-OH is 1. The Labute approximate surface area is 135 Å². The van der Waals surface area contributed by atoms with E-state index in [1.165, 1.54) is 14.2 Å². The smallest absolute Gasteiger partial charge is 0.251 e. The number of methoxy groups -OCH3 is 2. The van der Waals surface area contributed by atoms with E-state index < -0.39 is 12.1 Å². The molecule has 5 nitrogen and oxygen atoms in total. The van der Waals surface area contributed by atoms with Gasteiger partial charge in [0, 0.05) is 11.6 Å². The number of rotatable bonds is 6. The predicted octanol–water partition coefficient (Wildman–Crippen LogP) is 2.56. The van der Waals surface area contributed by atoms with Gasteiger partial charge in [0.15, 0.2) is 0 Å². The van der Waals surface area contributed by atoms with Crippen molar-refractivity contribution in [3.63, 3.8) is 0 Å². The van der Waals surface area contributed by atoms with E-state index in [2.05, 4.69) is 5.32 Å². The minimum atomic E-state index is -0.785. The monoisotopic (exact) mass is 315 g/mol. The first kappa shape index (κ1) is 16.8. The number of hydrogen-bond acceptors (Lipinski definition) is 4. The molecule has 0 heterocycles. The van der Waals surface area contributed by atoms with E-state index in [1.807, 2.05) is 30.3 Å². The summed E-state index contributed by atoms with van der Waals surface area (Å²) in [6, 6.07) is 13.7. The molecule has 0 radical (unpaired) electrons. The Morgan fingerprint density at radius 1 is 1.04 bits per heavy atom. The fourth-order valence-electron chi connectivity index (χ4n) is 2.25. The zero-order chi connectivity index (χ0) is 16.8. The van der Waals surface area contributed by atoms with Crippen LogP contribution in [-0.2, 0) is 0 Å². The highest BCUT2D eigenvalue weighted by Gasteiger charge is 2.19. The molecule has 0 saturated heterocycles. The number of hydrogen-bond donors (Lipinski definition) is 2. The molecule has 2 atom stereocenters. The van der Waals surface area contributed by atoms with E-state index in [-0.39, 0.29) is 5.91 Å². The van der Waals surface area contributed by atoms with Gasteiger partial charge in [-0.05, 0) is 24.6 Å². The summed E-state index contributed by atoms with van der Waals surface area (Å²) in [5, 5.41) is 13.1. The van der Waals surface area contributed by atoms with Crippen molar-refractivity contribution in [2.45, 2.75) is 19.1 Å². The Kier molecular flexibility index (Phi) is 5.60. The summed E-state index contributed by atoms with van der Waals surface area (Å²) in [5.74, 6) is 0.765. The van der Waals surface area contributed by atoms with Gasteiger partial charge in [0.1, 0.15) is 11.5 Å². The molecule has 0 unspecified atom stereocenters. The van der Waals surface area contributed by atoms with Gasteiger partial charge in [0.2, 0.25) is 0 Å². The lowest BCUT2D eigenvalue weighted by atomic mass is 10.0. The molecule has 2 N–H and O–H groups in total. The third-order valence-corrected chi connectivity index (χ3v) is 3.59. The molecule has 0 fully saturated rings. The summed E-state index contributed by atoms with van der Waals surface area (Å²) in [7, 11) is 3.05. The van der Waals surface area contributed by atoms with Crippen LogP contribution in [0.5, 0.6) is 11.5 Å². The van der Waals surface area contributed by atoms with E-state index in [4.69, 9.17) is 9.47 Å². The molecule has 0 aliphatic heterocycles. The third-order valence-electron chi connectivity index (χ3n) is 3.59. The first-order chi connectivity index (χ1) is 11.0. The highest BCUT2D eigenvalue weighted by molar-refractivity contribution is 5.95. The largest absolute Gasteiger partial charge is 0.497 e. The van der Waals surface area contributed by atoms with Gasteiger partial charge in [-0.25, -0.2) is 0 Å². The van der Waals surface area contributed by atoms with Crippen molar-refractivity contribution in [2.24, 2.45) is 0 Å². The van der Waals surface area contributed by atoms with Gasteiger partial charge < -0.3 is 19.9 Å². The number of ether oxygens (including phenoxy) is 2. The first-order valence-electron chi connectivity index (χ1n) is 7.32. The Hall–Kier alpha value is -2.53. The summed E-state index contributed by atoms with van der Waals surface area (Å²) < 4.78 is 10.3. The summed E-state index contributed by atoms with van der Waals surface area (Å²) in [6.07, 6.45) is -0.785. The zero-order valence-electron chi connectivity index (χ0n) is 13.4. The maximum absolute atomic E-state index is 12.4. The summed E-state index contributed by atoms with van der Waals surface area (Å²) >= 11 is 0. The van der Waals surface area contributed by atoms with Gasteiger partial charge in [-0.15, -0.1) is 0 Å². The molecule has 0 spiro atoms. The molecular formula is C18H21NO4. The summed E-state index contributed by atoms with van der Waals surface area (Å²) in [5.41, 5.74) is 1.16. The highest BCUT2D eigenvalue weighted by Crippen LogP contribution is 2.23. The SMILES string of the molecule is COc1cc(OC)cc(C(=O)N[C@H](C)[C@@H](O)c2ccccc2)c1. The van der Waals surface area contributed by atoms with Crippen molar-refractivity contribution in [2.75, 3.05) is 14.2 Å². The van der Waals surface area contributed by atoms with Crippen LogP contribution in [0.25, 0.3) is 0 Å². The maximum Gasteiger partial charge on any atom is 0.251 e. The van der Waals surface area contributed by atoms with Crippen LogP contribution < -0.4 is 14.8 Å². The van der Waals surface area contributed by atoms with Gasteiger partial charge in [-0.1, -0.05) is 30.3 Å². The van der Waals surface area contributed by atoms with E-state index in [1.54, 1.807) is 25.1 Å². The Morgan fingerprint density at radius 2 is 1.61 bits per heavy atom. The number of carbonyl (C=O) groups excluding carboxylic acids is 1. The topological polar surface area (TPSA) is 67.8 Å². The second-order valence-corrected chi connectivity index (χ2v) is 5.22. The van der Waals surface area contributed by atoms with Crippen LogP contribution in [0.4, 0.5) is 0 Å². The molecule has 122 valence electrons. The van der Waals surface area contributed by atoms with Crippen molar-refractivity contribution < 1.29 is 19.4 Å². The first-order valence-corrected chi connectivity index (χ1v) is 7.32. The van der Waals surface area contributed by atoms with Crippen LogP contribution in [0.15, 0.2) is 48.5 Å².